The van der Waals surface area contributed by atoms with Crippen molar-refractivity contribution in [2.75, 3.05) is 0 Å². The summed E-state index contributed by atoms with van der Waals surface area (Å²) in [4.78, 5) is 0. The van der Waals surface area contributed by atoms with Gasteiger partial charge in [-0.25, -0.2) is 0 Å². The molecule has 0 saturated carbocycles. The van der Waals surface area contributed by atoms with Crippen molar-refractivity contribution >= 4 is 11.0 Å². The Morgan fingerprint density at radius 2 is 1.62 bits per heavy atom. The summed E-state index contributed by atoms with van der Waals surface area (Å²) in [7, 11) is 0. The molecule has 21 heavy (non-hydrogen) atoms. The van der Waals surface area contributed by atoms with Crippen molar-refractivity contribution in [3.05, 3.63) is 64.5 Å². The molecule has 3 aromatic rings. The van der Waals surface area contributed by atoms with Crippen LogP contribution < -0.4 is 5.36 Å². The lowest BCUT2D eigenvalue weighted by atomic mass is 10.1. The minimum absolute atomic E-state index is 0.527. The van der Waals surface area contributed by atoms with E-state index in [1.165, 1.54) is 5.56 Å². The molecule has 1 heterocycles. The highest BCUT2D eigenvalue weighted by Gasteiger charge is 2.09. The summed E-state index contributed by atoms with van der Waals surface area (Å²) < 4.78 is 6.04. The van der Waals surface area contributed by atoms with E-state index in [2.05, 4.69) is 11.2 Å². The third-order valence-electron chi connectivity index (χ3n) is 3.62. The first-order chi connectivity index (χ1) is 10.1. The quantitative estimate of drug-likeness (QED) is 0.532. The van der Waals surface area contributed by atoms with Crippen LogP contribution in [0.5, 0.6) is 0 Å². The van der Waals surface area contributed by atoms with Crippen LogP contribution in [0.3, 0.4) is 0 Å². The number of aryl methyl sites for hydroxylation is 3. The van der Waals surface area contributed by atoms with Crippen LogP contribution in [0.1, 0.15) is 16.7 Å². The lowest BCUT2D eigenvalue weighted by Gasteiger charge is -2.08. The molecule has 0 saturated heterocycles. The third-order valence-corrected chi connectivity index (χ3v) is 3.62. The van der Waals surface area contributed by atoms with Crippen LogP contribution in [0, 0.1) is 20.8 Å². The molecule has 106 valence electrons. The molecule has 0 amide bonds. The molecule has 0 spiro atoms. The van der Waals surface area contributed by atoms with Crippen molar-refractivity contribution in [2.24, 2.45) is 5.16 Å². The van der Waals surface area contributed by atoms with Crippen molar-refractivity contribution in [1.29, 1.82) is 0 Å². The zero-order chi connectivity index (χ0) is 15.0. The van der Waals surface area contributed by atoms with E-state index in [1.54, 1.807) is 6.07 Å². The molecule has 0 radical (unpaired) electrons. The second kappa shape index (κ2) is 5.09. The van der Waals surface area contributed by atoms with E-state index in [9.17, 15) is 5.21 Å². The van der Waals surface area contributed by atoms with Crippen LogP contribution in [0.25, 0.3) is 22.3 Å². The predicted octanol–water partition coefficient (Wildman–Crippen LogP) is 4.31. The monoisotopic (exact) mass is 279 g/mol. The Kier molecular flexibility index (Phi) is 3.26. The summed E-state index contributed by atoms with van der Waals surface area (Å²) in [5, 5.41) is 14.1. The molecule has 0 aliphatic rings. The highest BCUT2D eigenvalue weighted by molar-refractivity contribution is 5.82. The summed E-state index contributed by atoms with van der Waals surface area (Å²) in [5.74, 6) is 0.697. The number of nitrogens with zero attached hydrogens (tertiary/aromatic N) is 1. The van der Waals surface area contributed by atoms with Crippen molar-refractivity contribution < 1.29 is 9.62 Å². The van der Waals surface area contributed by atoms with Gasteiger partial charge < -0.3 is 9.62 Å². The van der Waals surface area contributed by atoms with E-state index in [1.807, 2.05) is 51.1 Å². The van der Waals surface area contributed by atoms with Crippen LogP contribution in [-0.2, 0) is 0 Å². The van der Waals surface area contributed by atoms with Crippen molar-refractivity contribution in [3.8, 4) is 11.3 Å². The first-order valence-corrected chi connectivity index (χ1v) is 6.89. The highest BCUT2D eigenvalue weighted by Crippen LogP contribution is 2.25. The number of hydrogen-bond acceptors (Lipinski definition) is 3. The van der Waals surface area contributed by atoms with Crippen LogP contribution >= 0.6 is 0 Å². The molecule has 3 nitrogen and oxygen atoms in total. The molecule has 0 fully saturated rings. The van der Waals surface area contributed by atoms with Crippen molar-refractivity contribution in [3.63, 3.8) is 0 Å². The van der Waals surface area contributed by atoms with Crippen LogP contribution in [0.4, 0.5) is 0 Å². The summed E-state index contributed by atoms with van der Waals surface area (Å²) in [6, 6.07) is 13.9. The molecular weight excluding hydrogens is 262 g/mol. The van der Waals surface area contributed by atoms with Gasteiger partial charge in [0.25, 0.3) is 0 Å². The molecular formula is C18H17NO2. The van der Waals surface area contributed by atoms with Gasteiger partial charge in [-0.3, -0.25) is 0 Å². The van der Waals surface area contributed by atoms with Gasteiger partial charge in [0, 0.05) is 17.0 Å². The second-order valence-corrected chi connectivity index (χ2v) is 5.42. The van der Waals surface area contributed by atoms with E-state index < -0.39 is 0 Å². The lowest BCUT2D eigenvalue weighted by molar-refractivity contribution is 0.302. The molecule has 1 N–H and O–H groups in total. The summed E-state index contributed by atoms with van der Waals surface area (Å²) in [5.41, 5.74) is 5.06. The van der Waals surface area contributed by atoms with Crippen LogP contribution in [-0.4, -0.2) is 5.21 Å². The maximum absolute atomic E-state index is 9.32. The Labute approximate surface area is 123 Å². The average molecular weight is 279 g/mol. The van der Waals surface area contributed by atoms with Gasteiger partial charge in [0.1, 0.15) is 16.7 Å². The summed E-state index contributed by atoms with van der Waals surface area (Å²) in [6.07, 6.45) is 0. The fourth-order valence-electron chi connectivity index (χ4n) is 2.56. The normalized spacial score (nSPS) is 12.0. The zero-order valence-corrected chi connectivity index (χ0v) is 12.3. The Morgan fingerprint density at radius 1 is 0.905 bits per heavy atom. The maximum Gasteiger partial charge on any atom is 0.139 e. The smallest absolute Gasteiger partial charge is 0.139 e. The first-order valence-electron chi connectivity index (χ1n) is 6.89. The van der Waals surface area contributed by atoms with Crippen molar-refractivity contribution in [2.45, 2.75) is 20.8 Å². The van der Waals surface area contributed by atoms with Gasteiger partial charge in [-0.2, -0.15) is 0 Å². The topological polar surface area (TPSA) is 45.7 Å². The van der Waals surface area contributed by atoms with Crippen LogP contribution in [0.15, 0.2) is 52.0 Å². The van der Waals surface area contributed by atoms with Crippen molar-refractivity contribution in [1.82, 2.24) is 0 Å². The molecule has 0 atom stereocenters. The largest absolute Gasteiger partial charge is 0.456 e. The Morgan fingerprint density at radius 3 is 2.29 bits per heavy atom. The van der Waals surface area contributed by atoms with Gasteiger partial charge in [0.15, 0.2) is 0 Å². The van der Waals surface area contributed by atoms with Gasteiger partial charge in [-0.15, -0.1) is 0 Å². The van der Waals surface area contributed by atoms with Gasteiger partial charge in [-0.05, 0) is 38.0 Å². The van der Waals surface area contributed by atoms with E-state index in [0.29, 0.717) is 11.1 Å². The van der Waals surface area contributed by atoms with Gasteiger partial charge in [-0.1, -0.05) is 41.1 Å². The fraction of sp³-hybridized carbons (Fsp3) is 0.167. The molecule has 1 aromatic heterocycles. The zero-order valence-electron chi connectivity index (χ0n) is 12.3. The molecule has 3 rings (SSSR count). The predicted molar refractivity (Wildman–Crippen MR) is 83.2 cm³/mol. The maximum atomic E-state index is 9.32. The second-order valence-electron chi connectivity index (χ2n) is 5.42. The minimum atomic E-state index is 0.527. The van der Waals surface area contributed by atoms with Gasteiger partial charge in [0.2, 0.25) is 0 Å². The average Bonchev–Trinajstić information content (AvgIpc) is 2.47. The van der Waals surface area contributed by atoms with E-state index in [-0.39, 0.29) is 0 Å². The Hall–Kier alpha value is -2.55. The third kappa shape index (κ3) is 2.42. The number of hydrogen-bond donors (Lipinski definition) is 1. The molecule has 2 aromatic carbocycles. The number of benzene rings is 2. The molecule has 0 aliphatic carbocycles. The number of fused-ring (bicyclic) bond motifs is 1. The number of rotatable bonds is 1. The van der Waals surface area contributed by atoms with Crippen LogP contribution in [0.2, 0.25) is 0 Å². The molecule has 0 unspecified atom stereocenters. The fourth-order valence-corrected chi connectivity index (χ4v) is 2.56. The van der Waals surface area contributed by atoms with E-state index >= 15 is 0 Å². The molecule has 0 aliphatic heterocycles. The highest BCUT2D eigenvalue weighted by atomic mass is 16.4. The molecule has 3 heteroatoms. The summed E-state index contributed by atoms with van der Waals surface area (Å²) >= 11 is 0. The SMILES string of the molecule is Cc1ccc(-c2c/c(=N\O)c3cc(C)cc(C)c3o2)cc1. The Balaban J connectivity index is 2.34. The van der Waals surface area contributed by atoms with E-state index in [0.717, 1.165) is 27.7 Å². The molecule has 0 bridgehead atoms. The summed E-state index contributed by atoms with van der Waals surface area (Å²) in [6.45, 7) is 6.06. The lowest BCUT2D eigenvalue weighted by Crippen LogP contribution is -2.04. The standard InChI is InChI=1S/C18H17NO2/c1-11-4-6-14(7-5-11)17-10-16(19-20)15-9-12(2)8-13(3)18(15)21-17/h4-10,20H,1-3H3/b19-16+. The van der Waals surface area contributed by atoms with Gasteiger partial charge >= 0.3 is 0 Å². The Bertz CT molecular complexity index is 874. The first kappa shape index (κ1) is 13.4. The van der Waals surface area contributed by atoms with E-state index in [4.69, 9.17) is 4.42 Å². The minimum Gasteiger partial charge on any atom is -0.456 e. The van der Waals surface area contributed by atoms with Gasteiger partial charge in [0.05, 0.1) is 0 Å².